The van der Waals surface area contributed by atoms with E-state index >= 15 is 0 Å². The minimum atomic E-state index is -0.893. The number of rotatable bonds is 3. The van der Waals surface area contributed by atoms with Crippen LogP contribution in [0.2, 0.25) is 0 Å². The Morgan fingerprint density at radius 1 is 1.30 bits per heavy atom. The van der Waals surface area contributed by atoms with Gasteiger partial charge in [0.2, 0.25) is 0 Å². The Balaban J connectivity index is 2.05. The van der Waals surface area contributed by atoms with Crippen LogP contribution in [-0.4, -0.2) is 29.4 Å². The van der Waals surface area contributed by atoms with E-state index in [9.17, 15) is 9.90 Å². The van der Waals surface area contributed by atoms with E-state index in [1.807, 2.05) is 39.8 Å². The summed E-state index contributed by atoms with van der Waals surface area (Å²) in [4.78, 5) is 12.5. The second-order valence-corrected chi connectivity index (χ2v) is 6.70. The molecule has 1 N–H and O–H groups in total. The lowest BCUT2D eigenvalue weighted by Gasteiger charge is -2.22. The summed E-state index contributed by atoms with van der Waals surface area (Å²) in [6.07, 6.45) is 1.98. The lowest BCUT2D eigenvalue weighted by Crippen LogP contribution is -2.29. The molecule has 23 heavy (non-hydrogen) atoms. The summed E-state index contributed by atoms with van der Waals surface area (Å²) in [5, 5.41) is 10.8. The van der Waals surface area contributed by atoms with Gasteiger partial charge in [-0.15, -0.1) is 0 Å². The van der Waals surface area contributed by atoms with Gasteiger partial charge in [-0.05, 0) is 57.2 Å². The Hall–Kier alpha value is -1.81. The molecule has 1 saturated carbocycles. The molecule has 1 aliphatic heterocycles. The number of benzene rings is 1. The summed E-state index contributed by atoms with van der Waals surface area (Å²) < 4.78 is 11.3. The van der Waals surface area contributed by atoms with Crippen molar-refractivity contribution in [1.82, 2.24) is 0 Å². The van der Waals surface area contributed by atoms with Crippen molar-refractivity contribution in [2.75, 3.05) is 6.61 Å². The molecule has 2 aliphatic rings. The molecule has 1 aliphatic carbocycles. The second kappa shape index (κ2) is 5.68. The first-order valence-electron chi connectivity index (χ1n) is 8.25. The fourth-order valence-electron chi connectivity index (χ4n) is 4.05. The number of carbonyl (C=O) groups excluding carboxylic acids is 1. The summed E-state index contributed by atoms with van der Waals surface area (Å²) >= 11 is 0. The lowest BCUT2D eigenvalue weighted by atomic mass is 9.90. The molecule has 1 aromatic rings. The fraction of sp³-hybridized carbons (Fsp3) is 0.526. The van der Waals surface area contributed by atoms with Crippen LogP contribution in [-0.2, 0) is 14.3 Å². The maximum absolute atomic E-state index is 12.5. The molecule has 0 aromatic heterocycles. The number of hydrogen-bond acceptors (Lipinski definition) is 4. The van der Waals surface area contributed by atoms with Crippen molar-refractivity contribution in [1.29, 1.82) is 0 Å². The van der Waals surface area contributed by atoms with Gasteiger partial charge in [0, 0.05) is 13.0 Å². The van der Waals surface area contributed by atoms with Gasteiger partial charge >= 0.3 is 5.97 Å². The van der Waals surface area contributed by atoms with E-state index in [1.165, 1.54) is 0 Å². The first-order chi connectivity index (χ1) is 10.9. The quantitative estimate of drug-likeness (QED) is 0.863. The Morgan fingerprint density at radius 2 is 1.96 bits per heavy atom. The van der Waals surface area contributed by atoms with Crippen LogP contribution >= 0.6 is 0 Å². The summed E-state index contributed by atoms with van der Waals surface area (Å²) in [5.74, 6) is -0.338. The van der Waals surface area contributed by atoms with Gasteiger partial charge < -0.3 is 14.6 Å². The van der Waals surface area contributed by atoms with Crippen LogP contribution < -0.4 is 0 Å². The summed E-state index contributed by atoms with van der Waals surface area (Å²) in [5.41, 5.74) is 3.35. The Bertz CT molecular complexity index is 666. The van der Waals surface area contributed by atoms with E-state index in [0.717, 1.165) is 28.7 Å². The molecule has 4 nitrogen and oxygen atoms in total. The van der Waals surface area contributed by atoms with Crippen molar-refractivity contribution >= 4 is 11.5 Å². The van der Waals surface area contributed by atoms with Gasteiger partial charge in [0.25, 0.3) is 0 Å². The smallest absolute Gasteiger partial charge is 0.343 e. The second-order valence-electron chi connectivity index (χ2n) is 6.70. The predicted molar refractivity (Wildman–Crippen MR) is 88.3 cm³/mol. The van der Waals surface area contributed by atoms with Gasteiger partial charge in [0.15, 0.2) is 11.4 Å². The van der Waals surface area contributed by atoms with Crippen molar-refractivity contribution in [3.05, 3.63) is 40.1 Å². The van der Waals surface area contributed by atoms with Crippen molar-refractivity contribution in [2.45, 2.75) is 58.7 Å². The van der Waals surface area contributed by atoms with E-state index < -0.39 is 11.6 Å². The number of ether oxygens (including phenoxy) is 2. The van der Waals surface area contributed by atoms with Gasteiger partial charge in [-0.2, -0.15) is 0 Å². The average Bonchev–Trinajstić information content (AvgIpc) is 2.95. The van der Waals surface area contributed by atoms with Crippen LogP contribution in [0.5, 0.6) is 0 Å². The molecule has 1 aromatic carbocycles. The topological polar surface area (TPSA) is 55.8 Å². The van der Waals surface area contributed by atoms with Crippen LogP contribution in [0.15, 0.2) is 17.9 Å². The largest absolute Gasteiger partial charge is 0.507 e. The first-order valence-corrected chi connectivity index (χ1v) is 8.25. The van der Waals surface area contributed by atoms with Gasteiger partial charge in [0.05, 0.1) is 6.10 Å². The molecule has 2 atom stereocenters. The van der Waals surface area contributed by atoms with Crippen LogP contribution in [0.1, 0.15) is 48.4 Å². The standard InChI is InChI=1S/C19H24O4/c1-5-22-14-6-7-19(10-14)17(20)16(18(21)23-19)15-12(3)8-11(2)9-13(15)4/h8-9,14,20H,5-7,10H2,1-4H3. The highest BCUT2D eigenvalue weighted by molar-refractivity contribution is 6.20. The molecular formula is C19H24O4. The van der Waals surface area contributed by atoms with Crippen molar-refractivity contribution in [3.8, 4) is 0 Å². The van der Waals surface area contributed by atoms with E-state index in [4.69, 9.17) is 9.47 Å². The fourth-order valence-corrected chi connectivity index (χ4v) is 4.05. The SMILES string of the molecule is CCOC1CCC2(C1)OC(=O)C(c1c(C)cc(C)cc1C)=C2O. The molecule has 124 valence electrons. The molecule has 1 heterocycles. The van der Waals surface area contributed by atoms with E-state index in [0.29, 0.717) is 25.0 Å². The number of carbonyl (C=O) groups is 1. The molecule has 0 saturated heterocycles. The minimum absolute atomic E-state index is 0.0366. The number of aliphatic hydroxyl groups excluding tert-OH is 1. The van der Waals surface area contributed by atoms with Gasteiger partial charge in [0.1, 0.15) is 5.57 Å². The average molecular weight is 316 g/mol. The van der Waals surface area contributed by atoms with E-state index in [-0.39, 0.29) is 11.9 Å². The van der Waals surface area contributed by atoms with Crippen LogP contribution in [0.3, 0.4) is 0 Å². The Morgan fingerprint density at radius 3 is 2.57 bits per heavy atom. The molecular weight excluding hydrogens is 292 g/mol. The van der Waals surface area contributed by atoms with Crippen molar-refractivity contribution < 1.29 is 19.4 Å². The number of hydrogen-bond donors (Lipinski definition) is 1. The maximum atomic E-state index is 12.5. The third-order valence-electron chi connectivity index (χ3n) is 4.92. The summed E-state index contributed by atoms with van der Waals surface area (Å²) in [7, 11) is 0. The third-order valence-corrected chi connectivity index (χ3v) is 4.92. The molecule has 1 fully saturated rings. The Labute approximate surface area is 137 Å². The summed E-state index contributed by atoms with van der Waals surface area (Å²) in [6.45, 7) is 8.53. The molecule has 1 spiro atoms. The first kappa shape index (κ1) is 16.1. The van der Waals surface area contributed by atoms with Crippen molar-refractivity contribution in [2.24, 2.45) is 0 Å². The number of aliphatic hydroxyl groups is 1. The van der Waals surface area contributed by atoms with Gasteiger partial charge in [-0.25, -0.2) is 4.79 Å². The zero-order valence-electron chi connectivity index (χ0n) is 14.2. The predicted octanol–water partition coefficient (Wildman–Crippen LogP) is 3.77. The molecule has 4 heteroatoms. The Kier molecular flexibility index (Phi) is 3.96. The van der Waals surface area contributed by atoms with Gasteiger partial charge in [-0.3, -0.25) is 0 Å². The number of esters is 1. The molecule has 2 unspecified atom stereocenters. The maximum Gasteiger partial charge on any atom is 0.343 e. The highest BCUT2D eigenvalue weighted by Gasteiger charge is 2.53. The number of aryl methyl sites for hydroxylation is 3. The van der Waals surface area contributed by atoms with Crippen LogP contribution in [0.4, 0.5) is 0 Å². The molecule has 0 amide bonds. The van der Waals surface area contributed by atoms with Crippen LogP contribution in [0, 0.1) is 20.8 Å². The zero-order chi connectivity index (χ0) is 16.8. The minimum Gasteiger partial charge on any atom is -0.507 e. The summed E-state index contributed by atoms with van der Waals surface area (Å²) in [6, 6.07) is 4.05. The van der Waals surface area contributed by atoms with Crippen molar-refractivity contribution in [3.63, 3.8) is 0 Å². The molecule has 0 radical (unpaired) electrons. The van der Waals surface area contributed by atoms with Gasteiger partial charge in [-0.1, -0.05) is 17.7 Å². The highest BCUT2D eigenvalue weighted by Crippen LogP contribution is 2.48. The zero-order valence-corrected chi connectivity index (χ0v) is 14.2. The monoisotopic (exact) mass is 316 g/mol. The third kappa shape index (κ3) is 2.55. The van der Waals surface area contributed by atoms with E-state index in [1.54, 1.807) is 0 Å². The highest BCUT2D eigenvalue weighted by atomic mass is 16.6. The van der Waals surface area contributed by atoms with E-state index in [2.05, 4.69) is 0 Å². The molecule has 0 bridgehead atoms. The molecule has 3 rings (SSSR count). The lowest BCUT2D eigenvalue weighted by molar-refractivity contribution is -0.147. The normalized spacial score (nSPS) is 27.1. The van der Waals surface area contributed by atoms with Crippen LogP contribution in [0.25, 0.3) is 5.57 Å².